The van der Waals surface area contributed by atoms with Gasteiger partial charge in [0.25, 0.3) is 0 Å². The lowest BCUT2D eigenvalue weighted by atomic mass is 9.82. The molecule has 6 rings (SSSR count). The molecule has 4 heterocycles. The van der Waals surface area contributed by atoms with Crippen molar-refractivity contribution in [2.45, 2.75) is 44.9 Å². The van der Waals surface area contributed by atoms with E-state index in [1.54, 1.807) is 0 Å². The Morgan fingerprint density at radius 1 is 1.06 bits per heavy atom. The topological polar surface area (TPSA) is 55.5 Å². The molecule has 0 saturated carbocycles. The van der Waals surface area contributed by atoms with Crippen LogP contribution >= 0.6 is 0 Å². The average molecular weight is 460 g/mol. The van der Waals surface area contributed by atoms with Crippen LogP contribution in [-0.4, -0.2) is 47.1 Å². The monoisotopic (exact) mass is 459 g/mol. The van der Waals surface area contributed by atoms with E-state index in [1.165, 1.54) is 18.4 Å². The first-order chi connectivity index (χ1) is 16.5. The summed E-state index contributed by atoms with van der Waals surface area (Å²) in [6.07, 6.45) is 4.85. The quantitative estimate of drug-likeness (QED) is 0.378. The summed E-state index contributed by atoms with van der Waals surface area (Å²) in [5.41, 5.74) is 2.01. The van der Waals surface area contributed by atoms with Crippen molar-refractivity contribution in [2.75, 3.05) is 26.2 Å². The Bertz CT molecular complexity index is 1070. The summed E-state index contributed by atoms with van der Waals surface area (Å²) in [6.45, 7) is 9.00. The second-order valence-corrected chi connectivity index (χ2v) is 10.2. The number of hydrogen-bond acceptors (Lipinski definition) is 4. The number of hydrogen-bond donors (Lipinski definition) is 1. The van der Waals surface area contributed by atoms with Gasteiger partial charge < -0.3 is 18.8 Å². The van der Waals surface area contributed by atoms with Crippen LogP contribution in [0.15, 0.2) is 82.9 Å². The van der Waals surface area contributed by atoms with Crippen LogP contribution in [0.3, 0.4) is 0 Å². The van der Waals surface area contributed by atoms with Gasteiger partial charge in [-0.2, -0.15) is 0 Å². The number of fused-ring (bicyclic) bond motifs is 3. The van der Waals surface area contributed by atoms with Gasteiger partial charge in [0, 0.05) is 24.8 Å². The molecule has 34 heavy (non-hydrogen) atoms. The Labute approximate surface area is 202 Å². The molecule has 0 aliphatic carbocycles. The van der Waals surface area contributed by atoms with Crippen LogP contribution in [0.2, 0.25) is 0 Å². The first kappa shape index (κ1) is 23.0. The number of quaternary nitrogens is 1. The largest absolute Gasteiger partial charge is 0.374 e. The van der Waals surface area contributed by atoms with Gasteiger partial charge in [0.1, 0.15) is 24.9 Å². The predicted octanol–water partition coefficient (Wildman–Crippen LogP) is 5.05. The zero-order chi connectivity index (χ0) is 23.6. The lowest BCUT2D eigenvalue weighted by Gasteiger charge is -2.51. The summed E-state index contributed by atoms with van der Waals surface area (Å²) in [6, 6.07) is 21.4. The summed E-state index contributed by atoms with van der Waals surface area (Å²) in [7, 11) is 0. The molecule has 5 heteroatoms. The number of allylic oxidation sites excluding steroid dienone is 1. The molecule has 0 amide bonds. The van der Waals surface area contributed by atoms with Crippen LogP contribution in [-0.2, 0) is 16.9 Å². The van der Waals surface area contributed by atoms with Gasteiger partial charge in [-0.05, 0) is 25.0 Å². The third-order valence-corrected chi connectivity index (χ3v) is 7.65. The van der Waals surface area contributed by atoms with Crippen molar-refractivity contribution >= 4 is 0 Å². The lowest BCUT2D eigenvalue weighted by Crippen LogP contribution is -2.63. The molecule has 3 fully saturated rings. The van der Waals surface area contributed by atoms with Crippen LogP contribution < -0.4 is 0 Å². The minimum Gasteiger partial charge on any atom is -0.374 e. The molecule has 0 radical (unpaired) electrons. The van der Waals surface area contributed by atoms with Crippen LogP contribution in [0.1, 0.15) is 49.3 Å². The van der Waals surface area contributed by atoms with Crippen molar-refractivity contribution in [3.05, 3.63) is 101 Å². The standard InChI is InChI=1S/C29H35N2O3/c1-22(2)15-18-33-27-21-31(16-13-23(27)14-17-31)20-26-19-28(30-34-26)29(32,24-9-5-3-6-10-24)25-11-7-4-8-12-25/h3-12,15,19,23,27,32H,13-14,16-18,20-21H2,1-2H3/q+1/t23?,27-,31?/m0/s1. The Hall–Kier alpha value is -2.73. The summed E-state index contributed by atoms with van der Waals surface area (Å²) >= 11 is 0. The molecule has 3 aliphatic heterocycles. The number of benzene rings is 2. The van der Waals surface area contributed by atoms with E-state index in [2.05, 4.69) is 25.1 Å². The van der Waals surface area contributed by atoms with E-state index in [4.69, 9.17) is 9.26 Å². The van der Waals surface area contributed by atoms with E-state index in [-0.39, 0.29) is 0 Å². The fourth-order valence-electron chi connectivity index (χ4n) is 5.68. The minimum absolute atomic E-state index is 0.297. The number of rotatable bonds is 8. The maximum Gasteiger partial charge on any atom is 0.191 e. The molecule has 2 bridgehead atoms. The van der Waals surface area contributed by atoms with Crippen molar-refractivity contribution in [3.8, 4) is 0 Å². The van der Waals surface area contributed by atoms with Crippen LogP contribution in [0, 0.1) is 5.92 Å². The molecule has 5 nitrogen and oxygen atoms in total. The smallest absolute Gasteiger partial charge is 0.191 e. The molecule has 2 aromatic carbocycles. The molecule has 0 spiro atoms. The third kappa shape index (κ3) is 4.48. The summed E-state index contributed by atoms with van der Waals surface area (Å²) < 4.78 is 13.1. The van der Waals surface area contributed by atoms with Crippen molar-refractivity contribution < 1.29 is 18.8 Å². The van der Waals surface area contributed by atoms with Crippen molar-refractivity contribution in [2.24, 2.45) is 5.92 Å². The van der Waals surface area contributed by atoms with Gasteiger partial charge in [0.15, 0.2) is 11.4 Å². The van der Waals surface area contributed by atoms with Gasteiger partial charge in [0.05, 0.1) is 19.7 Å². The predicted molar refractivity (Wildman–Crippen MR) is 132 cm³/mol. The zero-order valence-corrected chi connectivity index (χ0v) is 20.2. The lowest BCUT2D eigenvalue weighted by molar-refractivity contribution is -0.959. The molecule has 3 aromatic rings. The van der Waals surface area contributed by atoms with E-state index in [9.17, 15) is 5.11 Å². The maximum absolute atomic E-state index is 12.0. The van der Waals surface area contributed by atoms with E-state index in [0.717, 1.165) is 47.5 Å². The highest BCUT2D eigenvalue weighted by Crippen LogP contribution is 2.39. The second kappa shape index (κ2) is 9.49. The first-order valence-electron chi connectivity index (χ1n) is 12.4. The summed E-state index contributed by atoms with van der Waals surface area (Å²) in [5, 5.41) is 16.4. The molecular weight excluding hydrogens is 424 g/mol. The number of ether oxygens (including phenoxy) is 1. The van der Waals surface area contributed by atoms with Crippen LogP contribution in [0.4, 0.5) is 0 Å². The molecule has 3 aliphatic rings. The van der Waals surface area contributed by atoms with E-state index in [0.29, 0.717) is 24.3 Å². The number of piperidine rings is 3. The molecule has 1 aromatic heterocycles. The van der Waals surface area contributed by atoms with Crippen molar-refractivity contribution in [1.82, 2.24) is 5.16 Å². The Morgan fingerprint density at radius 2 is 1.68 bits per heavy atom. The SMILES string of the molecule is CC(C)=CCO[C@H]1C[N+]2(Cc3cc(C(O)(c4ccccc4)c4ccccc4)no3)CCC1CC2. The molecule has 3 saturated heterocycles. The Balaban J connectivity index is 1.39. The highest BCUT2D eigenvalue weighted by molar-refractivity contribution is 5.44. The van der Waals surface area contributed by atoms with Gasteiger partial charge in [-0.15, -0.1) is 0 Å². The summed E-state index contributed by atoms with van der Waals surface area (Å²) in [4.78, 5) is 0. The average Bonchev–Trinajstić information content (AvgIpc) is 3.33. The van der Waals surface area contributed by atoms with E-state index in [1.807, 2.05) is 66.7 Å². The highest BCUT2D eigenvalue weighted by Gasteiger charge is 2.47. The molecule has 1 N–H and O–H groups in total. The summed E-state index contributed by atoms with van der Waals surface area (Å²) in [5.74, 6) is 1.49. The minimum atomic E-state index is -1.37. The second-order valence-electron chi connectivity index (χ2n) is 10.2. The van der Waals surface area contributed by atoms with Gasteiger partial charge >= 0.3 is 0 Å². The van der Waals surface area contributed by atoms with Crippen LogP contribution in [0.25, 0.3) is 0 Å². The van der Waals surface area contributed by atoms with Crippen molar-refractivity contribution in [1.29, 1.82) is 0 Å². The zero-order valence-electron chi connectivity index (χ0n) is 20.2. The van der Waals surface area contributed by atoms with Gasteiger partial charge in [-0.1, -0.05) is 77.5 Å². The Morgan fingerprint density at radius 3 is 2.26 bits per heavy atom. The van der Waals surface area contributed by atoms with E-state index < -0.39 is 5.60 Å². The van der Waals surface area contributed by atoms with Gasteiger partial charge in [-0.3, -0.25) is 0 Å². The molecular formula is C29H35N2O3+. The molecule has 0 unspecified atom stereocenters. The third-order valence-electron chi connectivity index (χ3n) is 7.65. The van der Waals surface area contributed by atoms with Crippen LogP contribution in [0.5, 0.6) is 0 Å². The number of nitrogens with zero attached hydrogens (tertiary/aromatic N) is 2. The van der Waals surface area contributed by atoms with Crippen molar-refractivity contribution in [3.63, 3.8) is 0 Å². The fraction of sp³-hybridized carbons (Fsp3) is 0.414. The maximum atomic E-state index is 12.0. The van der Waals surface area contributed by atoms with Gasteiger partial charge in [0.2, 0.25) is 0 Å². The first-order valence-corrected chi connectivity index (χ1v) is 12.4. The number of aliphatic hydroxyl groups is 1. The normalized spacial score (nSPS) is 24.2. The fourth-order valence-corrected chi connectivity index (χ4v) is 5.68. The molecule has 178 valence electrons. The molecule has 1 atom stereocenters. The Kier molecular flexibility index (Phi) is 6.43. The highest BCUT2D eigenvalue weighted by atomic mass is 16.5. The van der Waals surface area contributed by atoms with Gasteiger partial charge in [-0.25, -0.2) is 0 Å². The van der Waals surface area contributed by atoms with E-state index >= 15 is 0 Å². The number of aromatic nitrogens is 1.